The van der Waals surface area contributed by atoms with E-state index < -0.39 is 0 Å². The SMILES string of the molecule is O=Cc1ccc2cc(N3[CH-]CCCC3)ccc2c1.[Pr]. The van der Waals surface area contributed by atoms with Crippen molar-refractivity contribution in [2.45, 2.75) is 19.3 Å². The van der Waals surface area contributed by atoms with Gasteiger partial charge in [-0.05, 0) is 41.9 Å². The molecule has 1 heterocycles. The van der Waals surface area contributed by atoms with Crippen LogP contribution in [0.15, 0.2) is 36.4 Å². The van der Waals surface area contributed by atoms with Crippen LogP contribution in [-0.4, -0.2) is 12.8 Å². The van der Waals surface area contributed by atoms with Crippen molar-refractivity contribution in [2.75, 3.05) is 11.4 Å². The molecular formula is C16H16NOPr-. The molecule has 3 rings (SSSR count). The van der Waals surface area contributed by atoms with E-state index in [1.165, 1.54) is 30.3 Å². The second kappa shape index (κ2) is 6.81. The summed E-state index contributed by atoms with van der Waals surface area (Å²) in [6.07, 6.45) is 4.62. The Morgan fingerprint density at radius 2 is 1.84 bits per heavy atom. The fourth-order valence-electron chi connectivity index (χ4n) is 2.50. The third-order valence-electron chi connectivity index (χ3n) is 3.52. The van der Waals surface area contributed by atoms with Crippen LogP contribution in [0, 0.1) is 47.8 Å². The summed E-state index contributed by atoms with van der Waals surface area (Å²) in [7, 11) is 0. The fourth-order valence-corrected chi connectivity index (χ4v) is 2.50. The van der Waals surface area contributed by atoms with Crippen LogP contribution in [0.1, 0.15) is 29.6 Å². The van der Waals surface area contributed by atoms with Crippen LogP contribution in [-0.2, 0) is 0 Å². The minimum absolute atomic E-state index is 0. The van der Waals surface area contributed by atoms with Crippen molar-refractivity contribution in [3.63, 3.8) is 0 Å². The maximum atomic E-state index is 10.8. The van der Waals surface area contributed by atoms with Crippen molar-refractivity contribution in [3.8, 4) is 0 Å². The van der Waals surface area contributed by atoms with Crippen molar-refractivity contribution in [2.24, 2.45) is 0 Å². The summed E-state index contributed by atoms with van der Waals surface area (Å²) in [5, 5.41) is 2.32. The Morgan fingerprint density at radius 1 is 1.05 bits per heavy atom. The van der Waals surface area contributed by atoms with Crippen LogP contribution in [0.25, 0.3) is 10.8 Å². The molecule has 2 nitrogen and oxygen atoms in total. The van der Waals surface area contributed by atoms with E-state index in [1.807, 2.05) is 18.2 Å². The van der Waals surface area contributed by atoms with Crippen LogP contribution in [0.3, 0.4) is 0 Å². The topological polar surface area (TPSA) is 20.3 Å². The van der Waals surface area contributed by atoms with Crippen LogP contribution in [0.4, 0.5) is 5.69 Å². The Morgan fingerprint density at radius 3 is 2.58 bits per heavy atom. The van der Waals surface area contributed by atoms with Crippen molar-refractivity contribution < 1.29 is 46.1 Å². The van der Waals surface area contributed by atoms with Gasteiger partial charge in [0, 0.05) is 52.5 Å². The number of carbonyl (C=O) groups is 1. The summed E-state index contributed by atoms with van der Waals surface area (Å²) in [6.45, 7) is 3.39. The van der Waals surface area contributed by atoms with Gasteiger partial charge in [-0.2, -0.15) is 6.42 Å². The van der Waals surface area contributed by atoms with Gasteiger partial charge in [-0.1, -0.05) is 24.6 Å². The second-order valence-electron chi connectivity index (χ2n) is 4.78. The number of hydrogen-bond donors (Lipinski definition) is 0. The second-order valence-corrected chi connectivity index (χ2v) is 4.78. The summed E-state index contributed by atoms with van der Waals surface area (Å²) in [5.74, 6) is 0. The summed E-state index contributed by atoms with van der Waals surface area (Å²) in [4.78, 5) is 13.1. The van der Waals surface area contributed by atoms with Crippen LogP contribution in [0.2, 0.25) is 0 Å². The molecule has 0 spiro atoms. The molecule has 0 N–H and O–H groups in total. The molecule has 1 radical (unpaired) electrons. The molecule has 1 fully saturated rings. The van der Waals surface area contributed by atoms with E-state index in [9.17, 15) is 4.79 Å². The zero-order chi connectivity index (χ0) is 12.4. The smallest absolute Gasteiger partial charge is 0.150 e. The standard InChI is InChI=1S/C16H16NO.Pr/c18-12-13-4-5-15-11-16(7-6-14(15)10-13)17-8-2-1-3-9-17;/h4-8,10-12H,1-3,9H2;/q-1;. The zero-order valence-corrected chi connectivity index (χ0v) is 14.6. The number of nitrogens with zero attached hydrogens (tertiary/aromatic N) is 1. The van der Waals surface area contributed by atoms with Crippen LogP contribution >= 0.6 is 0 Å². The number of anilines is 1. The van der Waals surface area contributed by atoms with E-state index in [-0.39, 0.29) is 41.3 Å². The number of hydrogen-bond acceptors (Lipinski definition) is 2. The normalized spacial score (nSPS) is 15.1. The molecule has 0 aromatic heterocycles. The number of rotatable bonds is 2. The van der Waals surface area contributed by atoms with Gasteiger partial charge in [0.2, 0.25) is 0 Å². The Hall–Kier alpha value is -0.466. The molecule has 0 saturated carbocycles. The molecule has 3 heteroatoms. The summed E-state index contributed by atoms with van der Waals surface area (Å²) < 4.78 is 0. The van der Waals surface area contributed by atoms with Gasteiger partial charge in [0.25, 0.3) is 0 Å². The molecule has 0 bridgehead atoms. The molecule has 1 saturated heterocycles. The number of piperidine rings is 1. The third-order valence-corrected chi connectivity index (χ3v) is 3.52. The maximum Gasteiger partial charge on any atom is 0.150 e. The van der Waals surface area contributed by atoms with Crippen molar-refractivity contribution >= 4 is 22.7 Å². The first kappa shape index (κ1) is 14.9. The molecular weight excluding hydrogens is 363 g/mol. The molecule has 95 valence electrons. The largest absolute Gasteiger partial charge is 0.522 e. The summed E-state index contributed by atoms with van der Waals surface area (Å²) in [6, 6.07) is 12.3. The predicted molar refractivity (Wildman–Crippen MR) is 74.8 cm³/mol. The van der Waals surface area contributed by atoms with Gasteiger partial charge in [-0.3, -0.25) is 4.79 Å². The Kier molecular flexibility index (Phi) is 5.35. The first-order valence-electron chi connectivity index (χ1n) is 6.46. The third kappa shape index (κ3) is 3.35. The number of aldehydes is 1. The molecule has 2 aromatic rings. The summed E-state index contributed by atoms with van der Waals surface area (Å²) in [5.41, 5.74) is 1.99. The van der Waals surface area contributed by atoms with Gasteiger partial charge >= 0.3 is 0 Å². The molecule has 1 aliphatic rings. The van der Waals surface area contributed by atoms with Gasteiger partial charge < -0.3 is 4.90 Å². The first-order valence-corrected chi connectivity index (χ1v) is 6.46. The van der Waals surface area contributed by atoms with Crippen molar-refractivity contribution in [1.29, 1.82) is 0 Å². The molecule has 0 aliphatic carbocycles. The first-order chi connectivity index (χ1) is 8.86. The average Bonchev–Trinajstić information content (AvgIpc) is 2.47. The molecule has 0 unspecified atom stereocenters. The number of fused-ring (bicyclic) bond motifs is 1. The van der Waals surface area contributed by atoms with Gasteiger partial charge in [-0.15, -0.1) is 0 Å². The number of benzene rings is 2. The van der Waals surface area contributed by atoms with E-state index in [2.05, 4.69) is 29.6 Å². The predicted octanol–water partition coefficient (Wildman–Crippen LogP) is 3.80. The van der Waals surface area contributed by atoms with E-state index in [1.54, 1.807) is 0 Å². The van der Waals surface area contributed by atoms with Crippen LogP contribution < -0.4 is 4.90 Å². The van der Waals surface area contributed by atoms with Gasteiger partial charge in [0.05, 0.1) is 0 Å². The Balaban J connectivity index is 0.00000133. The van der Waals surface area contributed by atoms with Crippen LogP contribution in [0.5, 0.6) is 0 Å². The molecule has 0 atom stereocenters. The van der Waals surface area contributed by atoms with E-state index in [0.29, 0.717) is 0 Å². The molecule has 2 aromatic carbocycles. The minimum atomic E-state index is 0. The Bertz CT molecular complexity index is 576. The molecule has 19 heavy (non-hydrogen) atoms. The van der Waals surface area contributed by atoms with Gasteiger partial charge in [0.1, 0.15) is 6.29 Å². The fraction of sp³-hybridized carbons (Fsp3) is 0.250. The average molecular weight is 379 g/mol. The van der Waals surface area contributed by atoms with Gasteiger partial charge in [-0.25, -0.2) is 6.54 Å². The van der Waals surface area contributed by atoms with Gasteiger partial charge in [0.15, 0.2) is 0 Å². The number of carbonyl (C=O) groups excluding carboxylic acids is 1. The maximum absolute atomic E-state index is 10.8. The van der Waals surface area contributed by atoms with E-state index in [0.717, 1.165) is 23.8 Å². The van der Waals surface area contributed by atoms with E-state index in [4.69, 9.17) is 0 Å². The molecule has 1 aliphatic heterocycles. The van der Waals surface area contributed by atoms with Crippen molar-refractivity contribution in [3.05, 3.63) is 48.5 Å². The Labute approximate surface area is 147 Å². The minimum Gasteiger partial charge on any atom is -0.522 e. The molecule has 0 amide bonds. The summed E-state index contributed by atoms with van der Waals surface area (Å²) >= 11 is 0. The monoisotopic (exact) mass is 379 g/mol. The quantitative estimate of drug-likeness (QED) is 0.585. The van der Waals surface area contributed by atoms with Crippen molar-refractivity contribution in [1.82, 2.24) is 0 Å². The zero-order valence-electron chi connectivity index (χ0n) is 10.9. The van der Waals surface area contributed by atoms with E-state index >= 15 is 0 Å².